The van der Waals surface area contributed by atoms with E-state index in [0.29, 0.717) is 41.1 Å². The third-order valence-electron chi connectivity index (χ3n) is 3.46. The number of primary amides is 1. The summed E-state index contributed by atoms with van der Waals surface area (Å²) in [5.41, 5.74) is 6.66. The van der Waals surface area contributed by atoms with Gasteiger partial charge in [0.2, 0.25) is 5.91 Å². The van der Waals surface area contributed by atoms with Gasteiger partial charge in [0.15, 0.2) is 0 Å². The molecule has 0 aromatic heterocycles. The average molecular weight is 383 g/mol. The van der Waals surface area contributed by atoms with E-state index in [1.807, 2.05) is 0 Å². The fourth-order valence-corrected chi connectivity index (χ4v) is 2.81. The van der Waals surface area contributed by atoms with Crippen LogP contribution in [0.15, 0.2) is 42.5 Å². The number of rotatable bonds is 9. The summed E-state index contributed by atoms with van der Waals surface area (Å²) in [6.45, 7) is 1.37. The molecule has 1 atom stereocenters. The molecule has 0 heterocycles. The Morgan fingerprint density at radius 2 is 1.80 bits per heavy atom. The van der Waals surface area contributed by atoms with E-state index >= 15 is 0 Å². The van der Waals surface area contributed by atoms with E-state index in [9.17, 15) is 9.90 Å². The molecule has 0 saturated carbocycles. The lowest BCUT2D eigenvalue weighted by atomic mass is 10.1. The van der Waals surface area contributed by atoms with Gasteiger partial charge < -0.3 is 20.9 Å². The van der Waals surface area contributed by atoms with Crippen LogP contribution in [-0.2, 0) is 11.2 Å². The van der Waals surface area contributed by atoms with Crippen LogP contribution in [0.1, 0.15) is 17.2 Å². The van der Waals surface area contributed by atoms with Gasteiger partial charge >= 0.3 is 0 Å². The van der Waals surface area contributed by atoms with Gasteiger partial charge in [-0.3, -0.25) is 4.79 Å². The Kier molecular flexibility index (Phi) is 7.52. The molecule has 0 spiro atoms. The molecule has 4 N–H and O–H groups in total. The molecule has 0 aliphatic heterocycles. The third-order valence-corrected chi connectivity index (χ3v) is 3.89. The SMILES string of the molecule is NC(=O)Cc1ccc(OCCNCC(O)c2cc(Cl)cc(Cl)c2)cc1. The molecule has 7 heteroatoms. The minimum absolute atomic E-state index is 0.216. The van der Waals surface area contributed by atoms with Crippen molar-refractivity contribution in [1.29, 1.82) is 0 Å². The largest absolute Gasteiger partial charge is 0.492 e. The van der Waals surface area contributed by atoms with Crippen LogP contribution in [-0.4, -0.2) is 30.7 Å². The van der Waals surface area contributed by atoms with Crippen LogP contribution in [0.25, 0.3) is 0 Å². The summed E-state index contributed by atoms with van der Waals surface area (Å²) in [7, 11) is 0. The molecule has 2 aromatic rings. The molecule has 0 aliphatic rings. The zero-order valence-electron chi connectivity index (χ0n) is 13.5. The molecule has 5 nitrogen and oxygen atoms in total. The Labute approximate surface area is 156 Å². The number of amides is 1. The van der Waals surface area contributed by atoms with Gasteiger partial charge in [0.05, 0.1) is 12.5 Å². The highest BCUT2D eigenvalue weighted by atomic mass is 35.5. The molecule has 2 rings (SSSR count). The highest BCUT2D eigenvalue weighted by Crippen LogP contribution is 2.23. The summed E-state index contributed by atoms with van der Waals surface area (Å²) < 4.78 is 5.59. The maximum Gasteiger partial charge on any atom is 0.221 e. The number of hydrogen-bond donors (Lipinski definition) is 3. The molecule has 1 unspecified atom stereocenters. The maximum atomic E-state index is 10.8. The van der Waals surface area contributed by atoms with Crippen molar-refractivity contribution in [3.05, 3.63) is 63.6 Å². The minimum Gasteiger partial charge on any atom is -0.492 e. The predicted molar refractivity (Wildman–Crippen MR) is 99.1 cm³/mol. The maximum absolute atomic E-state index is 10.8. The number of halogens is 2. The van der Waals surface area contributed by atoms with Crippen molar-refractivity contribution in [3.63, 3.8) is 0 Å². The normalized spacial score (nSPS) is 12.0. The molecule has 0 fully saturated rings. The van der Waals surface area contributed by atoms with E-state index < -0.39 is 6.10 Å². The molecule has 0 bridgehead atoms. The second-order valence-corrected chi connectivity index (χ2v) is 6.43. The minimum atomic E-state index is -0.704. The van der Waals surface area contributed by atoms with Crippen LogP contribution < -0.4 is 15.8 Å². The summed E-state index contributed by atoms with van der Waals surface area (Å²) >= 11 is 11.8. The molecule has 1 amide bonds. The van der Waals surface area contributed by atoms with Crippen molar-refractivity contribution < 1.29 is 14.6 Å². The van der Waals surface area contributed by atoms with Gasteiger partial charge in [-0.25, -0.2) is 0 Å². The fourth-order valence-electron chi connectivity index (χ4n) is 2.27. The topological polar surface area (TPSA) is 84.6 Å². The summed E-state index contributed by atoms with van der Waals surface area (Å²) in [5, 5.41) is 14.2. The number of carbonyl (C=O) groups is 1. The van der Waals surface area contributed by atoms with Gasteiger partial charge in [0.1, 0.15) is 12.4 Å². The summed E-state index contributed by atoms with van der Waals surface area (Å²) in [4.78, 5) is 10.8. The third kappa shape index (κ3) is 6.92. The number of nitrogens with one attached hydrogen (secondary N) is 1. The number of carbonyl (C=O) groups excluding carboxylic acids is 1. The molecule has 0 saturated heterocycles. The lowest BCUT2D eigenvalue weighted by Crippen LogP contribution is -2.26. The summed E-state index contributed by atoms with van der Waals surface area (Å²) in [5.74, 6) is 0.342. The lowest BCUT2D eigenvalue weighted by Gasteiger charge is -2.13. The highest BCUT2D eigenvalue weighted by molar-refractivity contribution is 6.34. The first-order chi connectivity index (χ1) is 11.9. The number of nitrogens with two attached hydrogens (primary N) is 1. The molecule has 0 aliphatic carbocycles. The fraction of sp³-hybridized carbons (Fsp3) is 0.278. The van der Waals surface area contributed by atoms with Crippen LogP contribution in [0.3, 0.4) is 0 Å². The van der Waals surface area contributed by atoms with Gasteiger partial charge in [-0.05, 0) is 41.5 Å². The highest BCUT2D eigenvalue weighted by Gasteiger charge is 2.09. The smallest absolute Gasteiger partial charge is 0.221 e. The average Bonchev–Trinajstić information content (AvgIpc) is 2.54. The van der Waals surface area contributed by atoms with Crippen molar-refractivity contribution in [3.8, 4) is 5.75 Å². The quantitative estimate of drug-likeness (QED) is 0.582. The molecular weight excluding hydrogens is 363 g/mol. The number of aliphatic hydroxyl groups excluding tert-OH is 1. The van der Waals surface area contributed by atoms with E-state index in [0.717, 1.165) is 5.56 Å². The lowest BCUT2D eigenvalue weighted by molar-refractivity contribution is -0.117. The van der Waals surface area contributed by atoms with Crippen LogP contribution in [0.4, 0.5) is 0 Å². The number of benzene rings is 2. The van der Waals surface area contributed by atoms with Crippen LogP contribution in [0, 0.1) is 0 Å². The Bertz CT molecular complexity index is 688. The van der Waals surface area contributed by atoms with Gasteiger partial charge in [0.25, 0.3) is 0 Å². The van der Waals surface area contributed by atoms with E-state index in [1.165, 1.54) is 0 Å². The molecular formula is C18H20Cl2N2O3. The molecule has 25 heavy (non-hydrogen) atoms. The van der Waals surface area contributed by atoms with E-state index in [2.05, 4.69) is 5.32 Å². The molecule has 134 valence electrons. The van der Waals surface area contributed by atoms with E-state index in [4.69, 9.17) is 33.7 Å². The standard InChI is InChI=1S/C18H20Cl2N2O3/c19-14-8-13(9-15(20)10-14)17(23)11-22-5-6-25-16-3-1-12(2-4-16)7-18(21)24/h1-4,8-10,17,22-23H,5-7,11H2,(H2,21,24). The predicted octanol–water partition coefficient (Wildman–Crippen LogP) is 2.72. The monoisotopic (exact) mass is 382 g/mol. The Balaban J connectivity index is 1.69. The second-order valence-electron chi connectivity index (χ2n) is 5.56. The second kappa shape index (κ2) is 9.63. The van der Waals surface area contributed by atoms with Crippen molar-refractivity contribution in [2.75, 3.05) is 19.7 Å². The summed E-state index contributed by atoms with van der Waals surface area (Å²) in [6, 6.07) is 12.2. The van der Waals surface area contributed by atoms with Gasteiger partial charge in [0, 0.05) is 23.1 Å². The van der Waals surface area contributed by atoms with Crippen molar-refractivity contribution in [1.82, 2.24) is 5.32 Å². The van der Waals surface area contributed by atoms with E-state index in [-0.39, 0.29) is 12.3 Å². The Morgan fingerprint density at radius 1 is 1.16 bits per heavy atom. The Hall–Kier alpha value is -1.79. The van der Waals surface area contributed by atoms with Gasteiger partial charge in [-0.15, -0.1) is 0 Å². The van der Waals surface area contributed by atoms with Crippen LogP contribution >= 0.6 is 23.2 Å². The Morgan fingerprint density at radius 3 is 2.40 bits per heavy atom. The first kappa shape index (κ1) is 19.5. The molecule has 2 aromatic carbocycles. The van der Waals surface area contributed by atoms with Crippen molar-refractivity contribution >= 4 is 29.1 Å². The first-order valence-electron chi connectivity index (χ1n) is 7.79. The van der Waals surface area contributed by atoms with Gasteiger partial charge in [-0.2, -0.15) is 0 Å². The van der Waals surface area contributed by atoms with Crippen molar-refractivity contribution in [2.24, 2.45) is 5.73 Å². The molecule has 0 radical (unpaired) electrons. The summed E-state index contributed by atoms with van der Waals surface area (Å²) in [6.07, 6.45) is -0.489. The van der Waals surface area contributed by atoms with E-state index in [1.54, 1.807) is 42.5 Å². The van der Waals surface area contributed by atoms with Crippen LogP contribution in [0.5, 0.6) is 5.75 Å². The van der Waals surface area contributed by atoms with Crippen LogP contribution in [0.2, 0.25) is 10.0 Å². The number of hydrogen-bond acceptors (Lipinski definition) is 4. The number of aliphatic hydroxyl groups is 1. The number of ether oxygens (including phenoxy) is 1. The van der Waals surface area contributed by atoms with Crippen molar-refractivity contribution in [2.45, 2.75) is 12.5 Å². The van der Waals surface area contributed by atoms with Gasteiger partial charge in [-0.1, -0.05) is 35.3 Å². The first-order valence-corrected chi connectivity index (χ1v) is 8.54. The zero-order valence-corrected chi connectivity index (χ0v) is 15.1. The zero-order chi connectivity index (χ0) is 18.2.